The number of nitrogens with one attached hydrogen (secondary N) is 2. The summed E-state index contributed by atoms with van der Waals surface area (Å²) >= 11 is 3.39. The average molecular weight is 377 g/mol. The van der Waals surface area contributed by atoms with E-state index in [1.54, 1.807) is 0 Å². The van der Waals surface area contributed by atoms with E-state index in [2.05, 4.69) is 26.6 Å². The Morgan fingerprint density at radius 1 is 1.09 bits per heavy atom. The molecule has 0 saturated carbocycles. The summed E-state index contributed by atoms with van der Waals surface area (Å²) in [5.74, 6) is 0.515. The summed E-state index contributed by atoms with van der Waals surface area (Å²) in [6.45, 7) is 4.22. The lowest BCUT2D eigenvalue weighted by Crippen LogP contribution is -2.36. The summed E-state index contributed by atoms with van der Waals surface area (Å²) in [7, 11) is 0. The number of amides is 1. The van der Waals surface area contributed by atoms with Crippen molar-refractivity contribution in [1.82, 2.24) is 10.6 Å². The van der Waals surface area contributed by atoms with Crippen molar-refractivity contribution < 1.29 is 9.53 Å². The van der Waals surface area contributed by atoms with E-state index in [0.717, 1.165) is 23.1 Å². The molecule has 0 bridgehead atoms. The molecule has 122 valence electrons. The largest absolute Gasteiger partial charge is 0.476 e. The molecule has 2 aromatic carbocycles. The molecule has 2 N–H and O–H groups in total. The van der Waals surface area contributed by atoms with Gasteiger partial charge in [-0.2, -0.15) is 0 Å². The lowest BCUT2D eigenvalue weighted by Gasteiger charge is -2.19. The van der Waals surface area contributed by atoms with Crippen LogP contribution in [0, 0.1) is 0 Å². The van der Waals surface area contributed by atoms with Crippen LogP contribution in [0.2, 0.25) is 0 Å². The number of hydrogen-bond donors (Lipinski definition) is 2. The summed E-state index contributed by atoms with van der Waals surface area (Å²) < 4.78 is 6.89. The van der Waals surface area contributed by atoms with Crippen molar-refractivity contribution in [3.63, 3.8) is 0 Å². The van der Waals surface area contributed by atoms with Crippen LogP contribution in [0.3, 0.4) is 0 Å². The van der Waals surface area contributed by atoms with Gasteiger partial charge in [-0.15, -0.1) is 0 Å². The van der Waals surface area contributed by atoms with E-state index in [9.17, 15) is 4.79 Å². The van der Waals surface area contributed by atoms with Gasteiger partial charge < -0.3 is 15.4 Å². The number of likely N-dealkylation sites (N-methyl/N-ethyl adjacent to an activating group) is 1. The zero-order chi connectivity index (χ0) is 16.5. The molecule has 0 fully saturated rings. The van der Waals surface area contributed by atoms with Crippen LogP contribution in [-0.4, -0.2) is 25.5 Å². The number of rotatable bonds is 8. The third kappa shape index (κ3) is 5.69. The fourth-order valence-electron chi connectivity index (χ4n) is 2.09. The standard InChI is InChI=1S/C18H21BrN2O2/c1-2-20-12-13-21-18(22)17(14-6-4-3-5-7-14)23-16-10-8-15(19)9-11-16/h3-11,17,20H,2,12-13H2,1H3,(H,21,22). The molecular weight excluding hydrogens is 356 g/mol. The second-order valence-electron chi connectivity index (χ2n) is 5.01. The van der Waals surface area contributed by atoms with Crippen molar-refractivity contribution in [3.05, 3.63) is 64.6 Å². The number of ether oxygens (including phenoxy) is 1. The molecule has 2 aromatic rings. The van der Waals surface area contributed by atoms with Crippen molar-refractivity contribution in [2.75, 3.05) is 19.6 Å². The van der Waals surface area contributed by atoms with Crippen LogP contribution in [0.5, 0.6) is 5.75 Å². The number of hydrogen-bond acceptors (Lipinski definition) is 3. The molecule has 0 aliphatic carbocycles. The molecule has 0 saturated heterocycles. The first-order chi connectivity index (χ1) is 11.2. The van der Waals surface area contributed by atoms with Crippen LogP contribution in [-0.2, 0) is 4.79 Å². The van der Waals surface area contributed by atoms with Crippen LogP contribution in [0.1, 0.15) is 18.6 Å². The number of benzene rings is 2. The lowest BCUT2D eigenvalue weighted by atomic mass is 10.1. The fourth-order valence-corrected chi connectivity index (χ4v) is 2.36. The average Bonchev–Trinajstić information content (AvgIpc) is 2.59. The zero-order valence-electron chi connectivity index (χ0n) is 13.1. The van der Waals surface area contributed by atoms with Crippen molar-refractivity contribution in [2.45, 2.75) is 13.0 Å². The highest BCUT2D eigenvalue weighted by Crippen LogP contribution is 2.23. The molecule has 0 heterocycles. The van der Waals surface area contributed by atoms with Crippen LogP contribution >= 0.6 is 15.9 Å². The van der Waals surface area contributed by atoms with Crippen molar-refractivity contribution >= 4 is 21.8 Å². The molecule has 2 rings (SSSR count). The molecule has 1 amide bonds. The number of carbonyl (C=O) groups is 1. The van der Waals surface area contributed by atoms with E-state index in [4.69, 9.17) is 4.74 Å². The van der Waals surface area contributed by atoms with E-state index < -0.39 is 6.10 Å². The first-order valence-corrected chi connectivity index (χ1v) is 8.45. The Bertz CT molecular complexity index is 602. The highest BCUT2D eigenvalue weighted by atomic mass is 79.9. The predicted octanol–water partition coefficient (Wildman–Crippen LogP) is 3.29. The SMILES string of the molecule is CCNCCNC(=O)C(Oc1ccc(Br)cc1)c1ccccc1. The smallest absolute Gasteiger partial charge is 0.265 e. The quantitative estimate of drug-likeness (QED) is 0.695. The Balaban J connectivity index is 2.08. The van der Waals surface area contributed by atoms with Crippen LogP contribution in [0.25, 0.3) is 0 Å². The minimum absolute atomic E-state index is 0.142. The van der Waals surface area contributed by atoms with Crippen molar-refractivity contribution in [3.8, 4) is 5.75 Å². The maximum Gasteiger partial charge on any atom is 0.265 e. The van der Waals surface area contributed by atoms with E-state index in [1.807, 2.05) is 61.5 Å². The van der Waals surface area contributed by atoms with Gasteiger partial charge in [0.2, 0.25) is 6.10 Å². The molecule has 0 aliphatic rings. The molecule has 5 heteroatoms. The Morgan fingerprint density at radius 2 is 1.78 bits per heavy atom. The summed E-state index contributed by atoms with van der Waals surface area (Å²) in [6.07, 6.45) is -0.668. The van der Waals surface area contributed by atoms with Gasteiger partial charge in [0.25, 0.3) is 5.91 Å². The molecule has 1 atom stereocenters. The van der Waals surface area contributed by atoms with E-state index in [0.29, 0.717) is 12.3 Å². The maximum atomic E-state index is 12.5. The van der Waals surface area contributed by atoms with Gasteiger partial charge in [-0.1, -0.05) is 53.2 Å². The van der Waals surface area contributed by atoms with Crippen molar-refractivity contribution in [2.24, 2.45) is 0 Å². The molecule has 4 nitrogen and oxygen atoms in total. The van der Waals surface area contributed by atoms with E-state index in [-0.39, 0.29) is 5.91 Å². The predicted molar refractivity (Wildman–Crippen MR) is 95.5 cm³/mol. The minimum atomic E-state index is -0.668. The van der Waals surface area contributed by atoms with Gasteiger partial charge in [0, 0.05) is 23.1 Å². The maximum absolute atomic E-state index is 12.5. The second-order valence-corrected chi connectivity index (χ2v) is 5.92. The number of carbonyl (C=O) groups excluding carboxylic acids is 1. The summed E-state index contributed by atoms with van der Waals surface area (Å²) in [5.41, 5.74) is 0.830. The Morgan fingerprint density at radius 3 is 2.43 bits per heavy atom. The van der Waals surface area contributed by atoms with Gasteiger partial charge >= 0.3 is 0 Å². The molecule has 0 aliphatic heterocycles. The number of halogens is 1. The zero-order valence-corrected chi connectivity index (χ0v) is 14.7. The first kappa shape index (κ1) is 17.5. The van der Waals surface area contributed by atoms with Crippen molar-refractivity contribution in [1.29, 1.82) is 0 Å². The van der Waals surface area contributed by atoms with Crippen LogP contribution < -0.4 is 15.4 Å². The Labute approximate surface area is 145 Å². The molecule has 0 aromatic heterocycles. The third-order valence-electron chi connectivity index (χ3n) is 3.26. The highest BCUT2D eigenvalue weighted by Gasteiger charge is 2.22. The molecule has 0 spiro atoms. The van der Waals surface area contributed by atoms with E-state index >= 15 is 0 Å². The topological polar surface area (TPSA) is 50.4 Å². The molecular formula is C18H21BrN2O2. The first-order valence-electron chi connectivity index (χ1n) is 7.66. The Kier molecular flexibility index (Phi) is 7.10. The molecule has 1 unspecified atom stereocenters. The fraction of sp³-hybridized carbons (Fsp3) is 0.278. The van der Waals surface area contributed by atoms with Crippen LogP contribution in [0.15, 0.2) is 59.1 Å². The third-order valence-corrected chi connectivity index (χ3v) is 3.79. The van der Waals surface area contributed by atoms with Gasteiger partial charge in [-0.25, -0.2) is 0 Å². The summed E-state index contributed by atoms with van der Waals surface area (Å²) in [4.78, 5) is 12.5. The second kappa shape index (κ2) is 9.33. The summed E-state index contributed by atoms with van der Waals surface area (Å²) in [5, 5.41) is 6.09. The normalized spacial score (nSPS) is 11.7. The lowest BCUT2D eigenvalue weighted by molar-refractivity contribution is -0.128. The highest BCUT2D eigenvalue weighted by molar-refractivity contribution is 9.10. The van der Waals surface area contributed by atoms with Crippen LogP contribution in [0.4, 0.5) is 0 Å². The monoisotopic (exact) mass is 376 g/mol. The van der Waals surface area contributed by atoms with Gasteiger partial charge in [0.1, 0.15) is 5.75 Å². The van der Waals surface area contributed by atoms with Gasteiger partial charge in [-0.3, -0.25) is 4.79 Å². The van der Waals surface area contributed by atoms with E-state index in [1.165, 1.54) is 0 Å². The molecule has 23 heavy (non-hydrogen) atoms. The van der Waals surface area contributed by atoms with Gasteiger partial charge in [0.15, 0.2) is 0 Å². The minimum Gasteiger partial charge on any atom is -0.476 e. The Hall–Kier alpha value is -1.85. The molecule has 0 radical (unpaired) electrons. The van der Waals surface area contributed by atoms with Gasteiger partial charge in [-0.05, 0) is 30.8 Å². The summed E-state index contributed by atoms with van der Waals surface area (Å²) in [6, 6.07) is 17.0. The van der Waals surface area contributed by atoms with Gasteiger partial charge in [0.05, 0.1) is 0 Å².